The van der Waals surface area contributed by atoms with E-state index in [1.54, 1.807) is 14.0 Å². The van der Waals surface area contributed by atoms with E-state index in [0.29, 0.717) is 5.56 Å². The second kappa shape index (κ2) is 5.11. The Morgan fingerprint density at radius 2 is 2.31 bits per heavy atom. The van der Waals surface area contributed by atoms with Crippen LogP contribution in [0.15, 0.2) is 18.5 Å². The average molecular weight is 224 g/mol. The van der Waals surface area contributed by atoms with Crippen LogP contribution < -0.4 is 0 Å². The van der Waals surface area contributed by atoms with Crippen molar-refractivity contribution in [1.82, 2.24) is 9.78 Å². The summed E-state index contributed by atoms with van der Waals surface area (Å²) in [5.74, 6) is -2.20. The fourth-order valence-electron chi connectivity index (χ4n) is 1.02. The third-order valence-electron chi connectivity index (χ3n) is 1.75. The number of carbonyl (C=O) groups is 2. The van der Waals surface area contributed by atoms with Gasteiger partial charge in [-0.1, -0.05) is 0 Å². The molecule has 6 nitrogen and oxygen atoms in total. The zero-order valence-electron chi connectivity index (χ0n) is 9.01. The van der Waals surface area contributed by atoms with Crippen LogP contribution in [0.5, 0.6) is 0 Å². The van der Waals surface area contributed by atoms with Crippen LogP contribution in [0.4, 0.5) is 0 Å². The Morgan fingerprint density at radius 3 is 2.81 bits per heavy atom. The number of aliphatic hydroxyl groups excluding tert-OH is 1. The molecule has 0 spiro atoms. The quantitative estimate of drug-likeness (QED) is 0.347. The number of ketones is 1. The smallest absolute Gasteiger partial charge is 0.379 e. The Hall–Kier alpha value is -2.11. The van der Waals surface area contributed by atoms with Crippen molar-refractivity contribution in [3.8, 4) is 0 Å². The highest BCUT2D eigenvalue weighted by Crippen LogP contribution is 2.09. The monoisotopic (exact) mass is 224 g/mol. The second-order valence-corrected chi connectivity index (χ2v) is 3.02. The summed E-state index contributed by atoms with van der Waals surface area (Å²) >= 11 is 0. The van der Waals surface area contributed by atoms with E-state index in [1.165, 1.54) is 17.1 Å². The minimum atomic E-state index is -0.988. The maximum absolute atomic E-state index is 11.2. The van der Waals surface area contributed by atoms with Gasteiger partial charge in [0.15, 0.2) is 0 Å². The minimum absolute atomic E-state index is 0.117. The lowest BCUT2D eigenvalue weighted by Crippen LogP contribution is -2.15. The third kappa shape index (κ3) is 2.94. The van der Waals surface area contributed by atoms with E-state index in [-0.39, 0.29) is 12.4 Å². The molecule has 86 valence electrons. The van der Waals surface area contributed by atoms with Crippen LogP contribution in [-0.4, -0.2) is 33.2 Å². The Balaban J connectivity index is 2.77. The van der Waals surface area contributed by atoms with Crippen LogP contribution >= 0.6 is 0 Å². The number of nitrogens with zero attached hydrogens (tertiary/aromatic N) is 2. The van der Waals surface area contributed by atoms with Crippen LogP contribution in [0, 0.1) is 0 Å². The number of aliphatic hydroxyl groups is 1. The van der Waals surface area contributed by atoms with E-state index in [2.05, 4.69) is 9.84 Å². The molecule has 0 atom stereocenters. The van der Waals surface area contributed by atoms with Gasteiger partial charge in [-0.3, -0.25) is 9.48 Å². The van der Waals surface area contributed by atoms with Crippen molar-refractivity contribution in [3.05, 3.63) is 24.0 Å². The van der Waals surface area contributed by atoms with Gasteiger partial charge < -0.3 is 9.84 Å². The number of aromatic nitrogens is 2. The van der Waals surface area contributed by atoms with Crippen molar-refractivity contribution in [1.29, 1.82) is 0 Å². The molecule has 0 radical (unpaired) electrons. The molecule has 0 aromatic carbocycles. The number of aryl methyl sites for hydroxylation is 1. The molecule has 0 amide bonds. The molecule has 1 aromatic heterocycles. The summed E-state index contributed by atoms with van der Waals surface area (Å²) in [7, 11) is 1.67. The largest absolute Gasteiger partial charge is 0.507 e. The summed E-state index contributed by atoms with van der Waals surface area (Å²) < 4.78 is 5.95. The Labute approximate surface area is 92.1 Å². The van der Waals surface area contributed by atoms with Gasteiger partial charge in [-0.15, -0.1) is 0 Å². The lowest BCUT2D eigenvalue weighted by atomic mass is 10.2. The number of hydrogen-bond donors (Lipinski definition) is 1. The molecule has 0 aliphatic rings. The molecule has 16 heavy (non-hydrogen) atoms. The van der Waals surface area contributed by atoms with Gasteiger partial charge in [-0.25, -0.2) is 4.79 Å². The maximum atomic E-state index is 11.2. The molecule has 0 unspecified atom stereocenters. The molecule has 0 saturated heterocycles. The van der Waals surface area contributed by atoms with Gasteiger partial charge >= 0.3 is 5.97 Å². The molecular formula is C10H12N2O4. The first kappa shape index (κ1) is 12.0. The van der Waals surface area contributed by atoms with Crippen molar-refractivity contribution in [2.45, 2.75) is 6.92 Å². The average Bonchev–Trinajstić information content (AvgIpc) is 2.65. The van der Waals surface area contributed by atoms with Gasteiger partial charge in [0.05, 0.1) is 18.4 Å². The summed E-state index contributed by atoms with van der Waals surface area (Å²) in [6, 6.07) is 0. The Kier molecular flexibility index (Phi) is 3.82. The van der Waals surface area contributed by atoms with Crippen LogP contribution in [-0.2, 0) is 21.4 Å². The lowest BCUT2D eigenvalue weighted by Gasteiger charge is -1.97. The van der Waals surface area contributed by atoms with Gasteiger partial charge in [-0.2, -0.15) is 5.10 Å². The molecular weight excluding hydrogens is 212 g/mol. The van der Waals surface area contributed by atoms with Crippen molar-refractivity contribution < 1.29 is 19.4 Å². The topological polar surface area (TPSA) is 81.4 Å². The second-order valence-electron chi connectivity index (χ2n) is 3.02. The maximum Gasteiger partial charge on any atom is 0.379 e. The predicted octanol–water partition coefficient (Wildman–Crippen LogP) is 0.451. The van der Waals surface area contributed by atoms with Gasteiger partial charge in [0.2, 0.25) is 0 Å². The molecule has 1 N–H and O–H groups in total. The van der Waals surface area contributed by atoms with Crippen LogP contribution in [0.2, 0.25) is 0 Å². The molecule has 1 rings (SSSR count). The van der Waals surface area contributed by atoms with E-state index in [0.717, 1.165) is 6.08 Å². The molecule has 0 aliphatic carbocycles. The summed E-state index contributed by atoms with van der Waals surface area (Å²) in [6.45, 7) is 1.71. The fraction of sp³-hybridized carbons (Fsp3) is 0.300. The highest BCUT2D eigenvalue weighted by atomic mass is 16.5. The number of rotatable bonds is 4. The van der Waals surface area contributed by atoms with E-state index in [4.69, 9.17) is 0 Å². The Bertz CT molecular complexity index is 434. The zero-order chi connectivity index (χ0) is 12.1. The highest BCUT2D eigenvalue weighted by Gasteiger charge is 2.14. The normalized spacial score (nSPS) is 11.2. The molecule has 6 heteroatoms. The van der Waals surface area contributed by atoms with Gasteiger partial charge in [0.1, 0.15) is 5.76 Å². The lowest BCUT2D eigenvalue weighted by molar-refractivity contribution is -0.151. The molecule has 0 saturated carbocycles. The Morgan fingerprint density at radius 1 is 1.62 bits per heavy atom. The van der Waals surface area contributed by atoms with Crippen LogP contribution in [0.3, 0.4) is 0 Å². The number of hydrogen-bond acceptors (Lipinski definition) is 5. The van der Waals surface area contributed by atoms with E-state index in [1.807, 2.05) is 0 Å². The van der Waals surface area contributed by atoms with E-state index in [9.17, 15) is 14.7 Å². The number of esters is 1. The zero-order valence-corrected chi connectivity index (χ0v) is 9.01. The molecule has 0 fully saturated rings. The van der Waals surface area contributed by atoms with Gasteiger partial charge in [-0.05, 0) is 6.92 Å². The minimum Gasteiger partial charge on any atom is -0.507 e. The van der Waals surface area contributed by atoms with Gasteiger partial charge in [0, 0.05) is 19.3 Å². The SMILES string of the molecule is CCOC(=O)C(=O)C=C(O)c1cnn(C)c1. The van der Waals surface area contributed by atoms with Crippen molar-refractivity contribution in [3.63, 3.8) is 0 Å². The van der Waals surface area contributed by atoms with Crippen molar-refractivity contribution >= 4 is 17.5 Å². The fourth-order valence-corrected chi connectivity index (χ4v) is 1.02. The first-order valence-corrected chi connectivity index (χ1v) is 4.65. The highest BCUT2D eigenvalue weighted by molar-refractivity contribution is 6.39. The molecule has 0 aliphatic heterocycles. The van der Waals surface area contributed by atoms with Crippen molar-refractivity contribution in [2.24, 2.45) is 7.05 Å². The summed E-state index contributed by atoms with van der Waals surface area (Å²) in [6.07, 6.45) is 3.71. The summed E-state index contributed by atoms with van der Waals surface area (Å²) in [5.41, 5.74) is 0.361. The van der Waals surface area contributed by atoms with Gasteiger partial charge in [0.25, 0.3) is 5.78 Å². The first-order chi connectivity index (χ1) is 7.54. The molecule has 1 aromatic rings. The first-order valence-electron chi connectivity index (χ1n) is 4.65. The molecule has 1 heterocycles. The standard InChI is InChI=1S/C10H12N2O4/c1-3-16-10(15)9(14)4-8(13)7-5-11-12(2)6-7/h4-6,13H,3H2,1-2H3. The summed E-state index contributed by atoms with van der Waals surface area (Å²) in [5, 5.41) is 13.3. The van der Waals surface area contributed by atoms with E-state index < -0.39 is 11.8 Å². The van der Waals surface area contributed by atoms with Crippen LogP contribution in [0.25, 0.3) is 5.76 Å². The van der Waals surface area contributed by atoms with E-state index >= 15 is 0 Å². The molecule has 0 bridgehead atoms. The van der Waals surface area contributed by atoms with Crippen LogP contribution in [0.1, 0.15) is 12.5 Å². The summed E-state index contributed by atoms with van der Waals surface area (Å²) in [4.78, 5) is 22.2. The number of carbonyl (C=O) groups excluding carboxylic acids is 2. The number of ether oxygens (including phenoxy) is 1. The third-order valence-corrected chi connectivity index (χ3v) is 1.75. The van der Waals surface area contributed by atoms with Crippen molar-refractivity contribution in [2.75, 3.05) is 6.61 Å². The predicted molar refractivity (Wildman–Crippen MR) is 55.5 cm³/mol.